The fraction of sp³-hybridized carbons (Fsp3) is 0.421. The SMILES string of the molecule is C#CCOC(=O)NCCC(=O)NCCOCCOCCOCCOCCC(=O)NCC#Cc1cc(COc2cc3c(cc2OC)C(=O)N2CC(=C)C[C@H]2C=N3)cc(COc2cc3c(cc2OC)C(=O)N2CC(=C)C[C@H]2C=N3)c1. The molecule has 0 radical (unpaired) electrons. The molecule has 21 heteroatoms. The molecule has 0 bridgehead atoms. The zero-order valence-corrected chi connectivity index (χ0v) is 44.0. The first-order valence-corrected chi connectivity index (χ1v) is 25.5. The molecule has 3 N–H and O–H groups in total. The Kier molecular flexibility index (Phi) is 21.6. The normalized spacial score (nSPS) is 15.9. The van der Waals surface area contributed by atoms with Gasteiger partial charge >= 0.3 is 6.09 Å². The Hall–Kier alpha value is -8.21. The predicted octanol–water partition coefficient (Wildman–Crippen LogP) is 4.62. The highest BCUT2D eigenvalue weighted by atomic mass is 16.6. The largest absolute Gasteiger partial charge is 0.493 e. The van der Waals surface area contributed by atoms with E-state index in [1.807, 2.05) is 18.2 Å². The Morgan fingerprint density at radius 2 is 1.15 bits per heavy atom. The van der Waals surface area contributed by atoms with Crippen molar-refractivity contribution in [2.45, 2.75) is 51.0 Å². The van der Waals surface area contributed by atoms with Gasteiger partial charge in [0.2, 0.25) is 11.8 Å². The fourth-order valence-electron chi connectivity index (χ4n) is 8.62. The minimum Gasteiger partial charge on any atom is -0.493 e. The van der Waals surface area contributed by atoms with Gasteiger partial charge in [-0.25, -0.2) is 4.79 Å². The molecule has 3 aromatic carbocycles. The minimum atomic E-state index is -0.677. The van der Waals surface area contributed by atoms with Gasteiger partial charge in [0.15, 0.2) is 29.6 Å². The van der Waals surface area contributed by atoms with E-state index < -0.39 is 6.09 Å². The lowest BCUT2D eigenvalue weighted by Gasteiger charge is -2.20. The number of terminal acetylenes is 1. The highest BCUT2D eigenvalue weighted by molar-refractivity contribution is 6.05. The summed E-state index contributed by atoms with van der Waals surface area (Å²) in [6, 6.07) is 12.1. The second-order valence-electron chi connectivity index (χ2n) is 18.2. The van der Waals surface area contributed by atoms with Crippen molar-refractivity contribution in [3.05, 3.63) is 94.6 Å². The average molecular weight is 1070 g/mol. The number of aliphatic imine (C=N–C) groups is 2. The second-order valence-corrected chi connectivity index (χ2v) is 18.2. The first-order valence-electron chi connectivity index (χ1n) is 25.5. The summed E-state index contributed by atoms with van der Waals surface area (Å²) in [4.78, 5) is 75.8. The maximum atomic E-state index is 13.6. The van der Waals surface area contributed by atoms with Crippen molar-refractivity contribution in [2.75, 3.05) is 106 Å². The van der Waals surface area contributed by atoms with Crippen molar-refractivity contribution in [1.82, 2.24) is 25.8 Å². The van der Waals surface area contributed by atoms with Crippen molar-refractivity contribution >= 4 is 53.5 Å². The summed E-state index contributed by atoms with van der Waals surface area (Å²) >= 11 is 0. The summed E-state index contributed by atoms with van der Waals surface area (Å²) in [7, 11) is 3.03. The monoisotopic (exact) mass is 1070 g/mol. The van der Waals surface area contributed by atoms with Gasteiger partial charge in [-0.1, -0.05) is 42.1 Å². The third kappa shape index (κ3) is 16.6. The van der Waals surface area contributed by atoms with E-state index in [1.165, 1.54) is 14.2 Å². The van der Waals surface area contributed by atoms with Crippen molar-refractivity contribution in [1.29, 1.82) is 0 Å². The maximum absolute atomic E-state index is 13.6. The molecule has 78 heavy (non-hydrogen) atoms. The Morgan fingerprint density at radius 1 is 0.641 bits per heavy atom. The number of hydrogen-bond acceptors (Lipinski definition) is 16. The molecule has 412 valence electrons. The van der Waals surface area contributed by atoms with Gasteiger partial charge in [-0.2, -0.15) is 0 Å². The summed E-state index contributed by atoms with van der Waals surface area (Å²) < 4.78 is 50.8. The lowest BCUT2D eigenvalue weighted by molar-refractivity contribution is -0.122. The molecule has 4 aliphatic heterocycles. The predicted molar refractivity (Wildman–Crippen MR) is 288 cm³/mol. The Bertz CT molecular complexity index is 2740. The van der Waals surface area contributed by atoms with Crippen LogP contribution in [0.2, 0.25) is 0 Å². The average Bonchev–Trinajstić information content (AvgIpc) is 3.99. The van der Waals surface area contributed by atoms with E-state index in [0.29, 0.717) is 130 Å². The fourth-order valence-corrected chi connectivity index (χ4v) is 8.62. The molecule has 0 aliphatic carbocycles. The lowest BCUT2D eigenvalue weighted by atomic mass is 10.1. The molecule has 2 atom stereocenters. The highest BCUT2D eigenvalue weighted by Crippen LogP contribution is 2.40. The first kappa shape index (κ1) is 57.5. The van der Waals surface area contributed by atoms with Crippen molar-refractivity contribution in [3.63, 3.8) is 0 Å². The van der Waals surface area contributed by atoms with Crippen LogP contribution in [0.4, 0.5) is 16.2 Å². The van der Waals surface area contributed by atoms with Crippen LogP contribution in [-0.2, 0) is 46.5 Å². The molecule has 0 saturated carbocycles. The van der Waals surface area contributed by atoms with Gasteiger partial charge in [0.25, 0.3) is 11.8 Å². The van der Waals surface area contributed by atoms with E-state index in [4.69, 9.17) is 44.3 Å². The second kappa shape index (κ2) is 29.3. The molecule has 2 fully saturated rings. The van der Waals surface area contributed by atoms with Gasteiger partial charge in [0.1, 0.15) is 13.2 Å². The van der Waals surface area contributed by atoms with E-state index in [0.717, 1.165) is 22.3 Å². The number of amides is 5. The van der Waals surface area contributed by atoms with Crippen molar-refractivity contribution < 1.29 is 66.6 Å². The molecule has 4 heterocycles. The van der Waals surface area contributed by atoms with Gasteiger partial charge in [-0.15, -0.1) is 6.42 Å². The standard InChI is InChI=1S/C57H65N7O14/c1-6-14-76-57(69)60-12-9-53(65)59-13-16-73-18-20-75-22-21-74-19-17-72-15-10-54(66)58-11-7-8-40-25-41(36-77-51-30-47-45(28-49(51)70-4)55(67)63-34-38(2)23-43(63)32-61-47)27-42(26-40)37-78-52-31-48-46(29-50(52)71-5)56(68)64-35-39(3)24-44(64)33-62-48/h1,25-33,43-44H,2-3,9-24,34-37H2,4-5H3,(H,58,66)(H,59,65)(H,60,69)/t43-,44-/m0/s1. The quantitative estimate of drug-likeness (QED) is 0.0512. The minimum absolute atomic E-state index is 0.0829. The summed E-state index contributed by atoms with van der Waals surface area (Å²) in [5.74, 6) is 9.13. The number of rotatable bonds is 28. The van der Waals surface area contributed by atoms with Crippen LogP contribution in [0.5, 0.6) is 23.0 Å². The molecule has 5 amide bonds. The number of hydrogen-bond donors (Lipinski definition) is 3. The molecule has 0 aromatic heterocycles. The molecule has 7 rings (SSSR count). The molecular weight excluding hydrogens is 1010 g/mol. The highest BCUT2D eigenvalue weighted by Gasteiger charge is 2.36. The van der Waals surface area contributed by atoms with Crippen LogP contribution in [0, 0.1) is 24.2 Å². The summed E-state index contributed by atoms with van der Waals surface area (Å²) in [5.41, 5.74) is 5.84. The van der Waals surface area contributed by atoms with Crippen LogP contribution in [0.15, 0.2) is 76.8 Å². The topological polar surface area (TPSA) is 236 Å². The number of alkyl carbamates (subject to hydrolysis) is 1. The maximum Gasteiger partial charge on any atom is 0.408 e. The number of ether oxygens (including phenoxy) is 9. The van der Waals surface area contributed by atoms with Gasteiger partial charge in [-0.05, 0) is 54.3 Å². The van der Waals surface area contributed by atoms with Gasteiger partial charge in [0, 0.05) is 69.1 Å². The van der Waals surface area contributed by atoms with Crippen molar-refractivity contribution in [2.24, 2.45) is 9.98 Å². The zero-order valence-electron chi connectivity index (χ0n) is 44.0. The number of fused-ring (bicyclic) bond motifs is 4. The molecule has 3 aromatic rings. The molecule has 0 spiro atoms. The molecular formula is C57H65N7O14. The lowest BCUT2D eigenvalue weighted by Crippen LogP contribution is -2.35. The summed E-state index contributed by atoms with van der Waals surface area (Å²) in [6.07, 6.45) is 9.43. The zero-order chi connectivity index (χ0) is 55.2. The van der Waals surface area contributed by atoms with Crippen molar-refractivity contribution in [3.8, 4) is 47.2 Å². The Labute approximate surface area is 453 Å². The smallest absolute Gasteiger partial charge is 0.408 e. The van der Waals surface area contributed by atoms with Crippen LogP contribution >= 0.6 is 0 Å². The van der Waals surface area contributed by atoms with Crippen LogP contribution in [0.3, 0.4) is 0 Å². The Balaban J connectivity index is 0.864. The number of nitrogens with one attached hydrogen (secondary N) is 3. The van der Waals surface area contributed by atoms with Gasteiger partial charge in [-0.3, -0.25) is 29.2 Å². The number of nitrogens with zero attached hydrogens (tertiary/aromatic N) is 4. The molecule has 4 aliphatic rings. The summed E-state index contributed by atoms with van der Waals surface area (Å²) in [6.45, 7) is 12.2. The van der Waals surface area contributed by atoms with E-state index in [2.05, 4.69) is 61.6 Å². The Morgan fingerprint density at radius 3 is 1.68 bits per heavy atom. The number of carbonyl (C=O) groups excluding carboxylic acids is 5. The van der Waals surface area contributed by atoms with E-state index in [-0.39, 0.29) is 88.1 Å². The van der Waals surface area contributed by atoms with E-state index in [9.17, 15) is 24.0 Å². The molecule has 21 nitrogen and oxygen atoms in total. The third-order valence-electron chi connectivity index (χ3n) is 12.4. The number of carbonyl (C=O) groups is 5. The molecule has 0 unspecified atom stereocenters. The third-order valence-corrected chi connectivity index (χ3v) is 12.4. The molecule has 2 saturated heterocycles. The van der Waals surface area contributed by atoms with Crippen LogP contribution < -0.4 is 34.9 Å². The number of methoxy groups -OCH3 is 2. The first-order chi connectivity index (χ1) is 37.9. The van der Waals surface area contributed by atoms with Gasteiger partial charge in [0.05, 0.1) is 108 Å². The number of benzene rings is 3. The summed E-state index contributed by atoms with van der Waals surface area (Å²) in [5, 5.41) is 7.92. The van der Waals surface area contributed by atoms with Crippen LogP contribution in [-0.4, -0.2) is 170 Å². The van der Waals surface area contributed by atoms with E-state index >= 15 is 0 Å². The van der Waals surface area contributed by atoms with Crippen LogP contribution in [0.1, 0.15) is 63.1 Å². The van der Waals surface area contributed by atoms with Gasteiger partial charge < -0.3 is 68.4 Å². The van der Waals surface area contributed by atoms with Crippen LogP contribution in [0.25, 0.3) is 0 Å². The van der Waals surface area contributed by atoms with E-state index in [1.54, 1.807) is 46.5 Å².